The van der Waals surface area contributed by atoms with Crippen molar-refractivity contribution >= 4 is 52.3 Å². The van der Waals surface area contributed by atoms with Crippen LogP contribution in [0.1, 0.15) is 88.0 Å². The number of likely N-dealkylation sites (tertiary alicyclic amines) is 1. The molecular formula is C43H58N10O7. The summed E-state index contributed by atoms with van der Waals surface area (Å²) in [5.41, 5.74) is 19.8. The van der Waals surface area contributed by atoms with Gasteiger partial charge in [-0.1, -0.05) is 62.4 Å². The first-order valence-electron chi connectivity index (χ1n) is 21.0. The molecule has 1 aliphatic carbocycles. The number of para-hydroxylation sites is 1. The van der Waals surface area contributed by atoms with Gasteiger partial charge < -0.3 is 53.0 Å². The third-order valence-corrected chi connectivity index (χ3v) is 12.1. The van der Waals surface area contributed by atoms with Gasteiger partial charge in [-0.05, 0) is 67.3 Å². The Balaban J connectivity index is 1.17. The van der Waals surface area contributed by atoms with Crippen molar-refractivity contribution in [3.63, 3.8) is 0 Å². The van der Waals surface area contributed by atoms with Gasteiger partial charge in [-0.2, -0.15) is 0 Å². The monoisotopic (exact) mass is 826 g/mol. The summed E-state index contributed by atoms with van der Waals surface area (Å²) in [5.74, 6) is -2.87. The molecule has 1 saturated heterocycles. The van der Waals surface area contributed by atoms with E-state index in [0.29, 0.717) is 37.8 Å². The zero-order valence-corrected chi connectivity index (χ0v) is 34.2. The predicted molar refractivity (Wildman–Crippen MR) is 225 cm³/mol. The smallest absolute Gasteiger partial charge is 0.245 e. The molecule has 3 aromatic rings. The SMILES string of the molecule is CC(=O)N1Cc2[nH]c3ccccc3c2CC1C(=O)N[C@H](CC1CCCCC1)C(=O)N1CC[C@H]1C(=O)N[C@H](Cc1ccc(O)cc1)C(=O)N[C@@H](CCCCN=C(N)N)C(N)=O. The van der Waals surface area contributed by atoms with E-state index in [4.69, 9.17) is 17.2 Å². The number of unbranched alkanes of at least 4 members (excludes halogenated alkanes) is 1. The van der Waals surface area contributed by atoms with Gasteiger partial charge in [0.1, 0.15) is 36.0 Å². The van der Waals surface area contributed by atoms with Crippen LogP contribution in [0.4, 0.5) is 0 Å². The third-order valence-electron chi connectivity index (χ3n) is 12.1. The van der Waals surface area contributed by atoms with Gasteiger partial charge in [0.25, 0.3) is 0 Å². The Labute approximate surface area is 349 Å². The van der Waals surface area contributed by atoms with Crippen LogP contribution in [0.2, 0.25) is 0 Å². The number of phenols is 1. The summed E-state index contributed by atoms with van der Waals surface area (Å²) in [4.78, 5) is 92.2. The number of H-pyrrole nitrogens is 1. The maximum Gasteiger partial charge on any atom is 0.245 e. The fourth-order valence-electron chi connectivity index (χ4n) is 8.71. The number of aromatic hydroxyl groups is 1. The number of nitrogens with two attached hydrogens (primary N) is 3. The van der Waals surface area contributed by atoms with Crippen LogP contribution in [0, 0.1) is 5.92 Å². The number of rotatable bonds is 17. The maximum atomic E-state index is 14.5. The molecule has 1 aromatic heterocycles. The molecule has 6 amide bonds. The predicted octanol–water partition coefficient (Wildman–Crippen LogP) is 1.34. The third kappa shape index (κ3) is 10.7. The number of nitrogens with zero attached hydrogens (tertiary/aromatic N) is 3. The second-order valence-corrected chi connectivity index (χ2v) is 16.3. The number of guanidine groups is 1. The molecule has 0 radical (unpaired) electrons. The highest BCUT2D eigenvalue weighted by molar-refractivity contribution is 5.98. The number of carbonyl (C=O) groups excluding carboxylic acids is 6. The summed E-state index contributed by atoms with van der Waals surface area (Å²) in [7, 11) is 0. The number of benzene rings is 2. The van der Waals surface area contributed by atoms with Crippen LogP contribution in [0.5, 0.6) is 5.75 Å². The highest BCUT2D eigenvalue weighted by Gasteiger charge is 2.44. The number of aromatic nitrogens is 1. The van der Waals surface area contributed by atoms with Crippen molar-refractivity contribution in [2.24, 2.45) is 28.1 Å². The highest BCUT2D eigenvalue weighted by atomic mass is 16.3. The van der Waals surface area contributed by atoms with Crippen LogP contribution in [-0.2, 0) is 48.2 Å². The Morgan fingerprint density at radius 2 is 1.53 bits per heavy atom. The van der Waals surface area contributed by atoms with E-state index in [9.17, 15) is 33.9 Å². The molecule has 322 valence electrons. The van der Waals surface area contributed by atoms with Gasteiger partial charge in [-0.15, -0.1) is 0 Å². The number of hydrogen-bond donors (Lipinski definition) is 8. The number of aliphatic imine (C=N–C) groups is 1. The van der Waals surface area contributed by atoms with Crippen molar-refractivity contribution in [1.82, 2.24) is 30.7 Å². The van der Waals surface area contributed by atoms with Crippen molar-refractivity contribution in [1.29, 1.82) is 0 Å². The minimum atomic E-state index is -1.17. The van der Waals surface area contributed by atoms with Crippen LogP contribution in [-0.4, -0.2) is 105 Å². The quantitative estimate of drug-likeness (QED) is 0.0554. The molecule has 17 nitrogen and oxygen atoms in total. The standard InChI is InChI=1S/C43H58N10O7/c1-25(54)53-24-35-30(29-11-5-6-12-31(29)48-35)23-37(53)41(59)51-34(22-26-9-3-2-4-10-26)42(60)52-20-18-36(52)40(58)50-33(21-27-14-16-28(55)17-15-27)39(57)49-32(38(44)56)13-7-8-19-47-43(45)46/h5-6,11-12,14-17,26,32-34,36-37,48,55H,2-4,7-10,13,18-24H2,1H3,(H2,44,56)(H,49,57)(H,50,58)(H,51,59)(H4,45,46,47)/t32-,33+,34+,36-,37?/m0/s1. The molecule has 5 atom stereocenters. The largest absolute Gasteiger partial charge is 0.508 e. The Morgan fingerprint density at radius 1 is 0.833 bits per heavy atom. The van der Waals surface area contributed by atoms with Gasteiger partial charge in [0.05, 0.1) is 6.54 Å². The summed E-state index contributed by atoms with van der Waals surface area (Å²) in [6, 6.07) is 9.07. The normalized spacial score (nSPS) is 19.2. The van der Waals surface area contributed by atoms with E-state index in [2.05, 4.69) is 25.9 Å². The van der Waals surface area contributed by atoms with Crippen molar-refractivity contribution < 1.29 is 33.9 Å². The first-order valence-corrected chi connectivity index (χ1v) is 21.0. The van der Waals surface area contributed by atoms with Crippen molar-refractivity contribution in [3.05, 3.63) is 65.4 Å². The topological polar surface area (TPSA) is 271 Å². The molecule has 11 N–H and O–H groups in total. The van der Waals surface area contributed by atoms with Crippen molar-refractivity contribution in [2.45, 2.75) is 121 Å². The molecule has 2 aromatic carbocycles. The number of nitrogens with one attached hydrogen (secondary N) is 4. The average Bonchev–Trinajstić information content (AvgIpc) is 3.57. The zero-order chi connectivity index (χ0) is 42.9. The fourth-order valence-corrected chi connectivity index (χ4v) is 8.71. The molecule has 1 unspecified atom stereocenters. The second kappa shape index (κ2) is 19.7. The lowest BCUT2D eigenvalue weighted by Crippen LogP contribution is -2.65. The molecule has 3 aliphatic rings. The van der Waals surface area contributed by atoms with E-state index in [0.717, 1.165) is 54.3 Å². The number of hydrogen-bond acceptors (Lipinski definition) is 8. The molecular weight excluding hydrogens is 769 g/mol. The Kier molecular flexibility index (Phi) is 14.3. The Bertz CT molecular complexity index is 2070. The van der Waals surface area contributed by atoms with Gasteiger partial charge in [0.15, 0.2) is 5.96 Å². The first-order chi connectivity index (χ1) is 28.8. The van der Waals surface area contributed by atoms with Gasteiger partial charge in [0, 0.05) is 49.5 Å². The van der Waals surface area contributed by atoms with E-state index < -0.39 is 59.7 Å². The highest BCUT2D eigenvalue weighted by Crippen LogP contribution is 2.32. The molecule has 2 aliphatic heterocycles. The lowest BCUT2D eigenvalue weighted by atomic mass is 9.84. The van der Waals surface area contributed by atoms with E-state index in [-0.39, 0.29) is 55.9 Å². The number of amides is 6. The Morgan fingerprint density at radius 3 is 2.20 bits per heavy atom. The molecule has 0 bridgehead atoms. The van der Waals surface area contributed by atoms with Crippen LogP contribution in [0.25, 0.3) is 10.9 Å². The number of fused-ring (bicyclic) bond motifs is 3. The first kappa shape index (κ1) is 43.4. The van der Waals surface area contributed by atoms with E-state index in [1.165, 1.54) is 28.9 Å². The molecule has 3 heterocycles. The lowest BCUT2D eigenvalue weighted by Gasteiger charge is -2.43. The summed E-state index contributed by atoms with van der Waals surface area (Å²) >= 11 is 0. The van der Waals surface area contributed by atoms with Crippen LogP contribution in [0.15, 0.2) is 53.5 Å². The summed E-state index contributed by atoms with van der Waals surface area (Å²) < 4.78 is 0. The fraction of sp³-hybridized carbons (Fsp3) is 0.512. The number of phenolic OH excluding ortho intramolecular Hbond substituents is 1. The summed E-state index contributed by atoms with van der Waals surface area (Å²) in [5, 5.41) is 19.4. The second-order valence-electron chi connectivity index (χ2n) is 16.3. The molecule has 60 heavy (non-hydrogen) atoms. The number of primary amides is 1. The van der Waals surface area contributed by atoms with Gasteiger partial charge in [-0.25, -0.2) is 0 Å². The molecule has 2 fully saturated rings. The van der Waals surface area contributed by atoms with Crippen LogP contribution in [0.3, 0.4) is 0 Å². The summed E-state index contributed by atoms with van der Waals surface area (Å²) in [6.07, 6.45) is 7.26. The van der Waals surface area contributed by atoms with Gasteiger partial charge in [0.2, 0.25) is 35.4 Å². The molecule has 17 heteroatoms. The molecule has 1 saturated carbocycles. The van der Waals surface area contributed by atoms with Crippen molar-refractivity contribution in [3.8, 4) is 5.75 Å². The van der Waals surface area contributed by atoms with E-state index in [1.54, 1.807) is 12.1 Å². The van der Waals surface area contributed by atoms with Crippen LogP contribution >= 0.6 is 0 Å². The number of carbonyl (C=O) groups is 6. The molecule has 0 spiro atoms. The van der Waals surface area contributed by atoms with E-state index >= 15 is 0 Å². The van der Waals surface area contributed by atoms with Crippen LogP contribution < -0.4 is 33.2 Å². The van der Waals surface area contributed by atoms with E-state index in [1.807, 2.05) is 24.3 Å². The van der Waals surface area contributed by atoms with Crippen molar-refractivity contribution in [2.75, 3.05) is 13.1 Å². The van der Waals surface area contributed by atoms with Gasteiger partial charge >= 0.3 is 0 Å². The van der Waals surface area contributed by atoms with Gasteiger partial charge in [-0.3, -0.25) is 33.8 Å². The maximum absolute atomic E-state index is 14.5. The minimum absolute atomic E-state index is 0.0149. The average molecular weight is 827 g/mol. The summed E-state index contributed by atoms with van der Waals surface area (Å²) in [6.45, 7) is 2.27. The lowest BCUT2D eigenvalue weighted by molar-refractivity contribution is -0.151. The number of aromatic amines is 1. The zero-order valence-electron chi connectivity index (χ0n) is 34.2. The minimum Gasteiger partial charge on any atom is -0.508 e. The molecule has 6 rings (SSSR count). The Hall–Kier alpha value is -6.13.